The largest absolute Gasteiger partial charge is 0.489 e. The third-order valence-electron chi connectivity index (χ3n) is 3.23. The number of halogens is 2. The minimum Gasteiger partial charge on any atom is -0.489 e. The van der Waals surface area contributed by atoms with E-state index >= 15 is 0 Å². The number of fused-ring (bicyclic) bond motifs is 1. The molecule has 0 N–H and O–H groups in total. The van der Waals surface area contributed by atoms with Crippen LogP contribution in [0.15, 0.2) is 54.7 Å². The summed E-state index contributed by atoms with van der Waals surface area (Å²) in [5, 5.41) is 1.77. The molecule has 0 unspecified atom stereocenters. The SMILES string of the molecule is ClCc1cc(Cl)ccc1OCc1ccc2ncccc2c1. The van der Waals surface area contributed by atoms with Crippen LogP contribution in [0.5, 0.6) is 5.75 Å². The van der Waals surface area contributed by atoms with E-state index in [1.807, 2.05) is 36.4 Å². The molecular formula is C17H13Cl2NO. The van der Waals surface area contributed by atoms with Crippen molar-refractivity contribution in [3.05, 3.63) is 70.9 Å². The van der Waals surface area contributed by atoms with Crippen molar-refractivity contribution in [2.75, 3.05) is 0 Å². The standard InChI is InChI=1S/C17H13Cl2NO/c18-10-14-9-15(19)4-6-17(14)21-11-12-3-5-16-13(8-12)2-1-7-20-16/h1-9H,10-11H2. The van der Waals surface area contributed by atoms with Gasteiger partial charge in [0.1, 0.15) is 12.4 Å². The van der Waals surface area contributed by atoms with Gasteiger partial charge in [-0.1, -0.05) is 23.7 Å². The van der Waals surface area contributed by atoms with E-state index in [1.54, 1.807) is 12.3 Å². The van der Waals surface area contributed by atoms with Crippen molar-refractivity contribution in [2.45, 2.75) is 12.5 Å². The van der Waals surface area contributed by atoms with E-state index in [0.29, 0.717) is 17.5 Å². The Bertz CT molecular complexity index is 774. The summed E-state index contributed by atoms with van der Waals surface area (Å²) in [5.74, 6) is 1.14. The van der Waals surface area contributed by atoms with Gasteiger partial charge >= 0.3 is 0 Å². The molecule has 0 saturated carbocycles. The summed E-state index contributed by atoms with van der Waals surface area (Å²) in [7, 11) is 0. The first-order chi connectivity index (χ1) is 10.3. The molecule has 3 rings (SSSR count). The maximum atomic E-state index is 5.96. The van der Waals surface area contributed by atoms with E-state index in [1.165, 1.54) is 0 Å². The van der Waals surface area contributed by atoms with Gasteiger partial charge in [0.25, 0.3) is 0 Å². The minimum absolute atomic E-state index is 0.373. The fourth-order valence-electron chi connectivity index (χ4n) is 2.17. The highest BCUT2D eigenvalue weighted by atomic mass is 35.5. The lowest BCUT2D eigenvalue weighted by molar-refractivity contribution is 0.304. The monoisotopic (exact) mass is 317 g/mol. The number of hydrogen-bond donors (Lipinski definition) is 0. The van der Waals surface area contributed by atoms with Gasteiger partial charge in [0.15, 0.2) is 0 Å². The summed E-state index contributed by atoms with van der Waals surface area (Å²) in [5.41, 5.74) is 2.96. The Labute approximate surface area is 133 Å². The fourth-order valence-corrected chi connectivity index (χ4v) is 2.57. The Kier molecular flexibility index (Phi) is 4.28. The third-order valence-corrected chi connectivity index (χ3v) is 3.75. The summed E-state index contributed by atoms with van der Waals surface area (Å²) in [6, 6.07) is 15.5. The number of nitrogens with zero attached hydrogens (tertiary/aromatic N) is 1. The smallest absolute Gasteiger partial charge is 0.124 e. The van der Waals surface area contributed by atoms with Gasteiger partial charge < -0.3 is 4.74 Å². The molecule has 1 heterocycles. The number of alkyl halides is 1. The van der Waals surface area contributed by atoms with Crippen molar-refractivity contribution < 1.29 is 4.74 Å². The molecule has 0 aliphatic rings. The van der Waals surface area contributed by atoms with E-state index in [-0.39, 0.29) is 0 Å². The van der Waals surface area contributed by atoms with Gasteiger partial charge in [0.05, 0.1) is 11.4 Å². The second kappa shape index (κ2) is 6.33. The molecular weight excluding hydrogens is 305 g/mol. The molecule has 0 radical (unpaired) electrons. The van der Waals surface area contributed by atoms with Crippen LogP contribution in [0.25, 0.3) is 10.9 Å². The van der Waals surface area contributed by atoms with Crippen molar-refractivity contribution in [3.8, 4) is 5.75 Å². The normalized spacial score (nSPS) is 10.8. The van der Waals surface area contributed by atoms with Crippen molar-refractivity contribution >= 4 is 34.1 Å². The summed E-state index contributed by atoms with van der Waals surface area (Å²) < 4.78 is 5.85. The Balaban J connectivity index is 1.80. The lowest BCUT2D eigenvalue weighted by Gasteiger charge is -2.11. The number of hydrogen-bond acceptors (Lipinski definition) is 2. The molecule has 3 aromatic rings. The van der Waals surface area contributed by atoms with Gasteiger partial charge in [-0.15, -0.1) is 11.6 Å². The first kappa shape index (κ1) is 14.2. The molecule has 0 bridgehead atoms. The Hall–Kier alpha value is -1.77. The predicted octanol–water partition coefficient (Wildman–Crippen LogP) is 5.21. The lowest BCUT2D eigenvalue weighted by Crippen LogP contribution is -1.98. The molecule has 106 valence electrons. The molecule has 0 amide bonds. The highest BCUT2D eigenvalue weighted by molar-refractivity contribution is 6.30. The second-order valence-corrected chi connectivity index (χ2v) is 5.41. The third kappa shape index (κ3) is 3.29. The van der Waals surface area contributed by atoms with Gasteiger partial charge in [0, 0.05) is 22.2 Å². The predicted molar refractivity (Wildman–Crippen MR) is 87.1 cm³/mol. The number of aromatic nitrogens is 1. The molecule has 1 aromatic heterocycles. The zero-order chi connectivity index (χ0) is 14.7. The Morgan fingerprint density at radius 2 is 1.95 bits per heavy atom. The second-order valence-electron chi connectivity index (χ2n) is 4.70. The summed E-state index contributed by atoms with van der Waals surface area (Å²) >= 11 is 11.9. The van der Waals surface area contributed by atoms with E-state index in [9.17, 15) is 0 Å². The highest BCUT2D eigenvalue weighted by Crippen LogP contribution is 2.25. The van der Waals surface area contributed by atoms with Crippen LogP contribution in [0.1, 0.15) is 11.1 Å². The molecule has 0 saturated heterocycles. The molecule has 0 fully saturated rings. The first-order valence-electron chi connectivity index (χ1n) is 6.57. The van der Waals surface area contributed by atoms with Crippen LogP contribution in [0.2, 0.25) is 5.02 Å². The number of pyridine rings is 1. The molecule has 0 atom stereocenters. The maximum absolute atomic E-state index is 5.96. The van der Waals surface area contributed by atoms with E-state index in [4.69, 9.17) is 27.9 Å². The van der Waals surface area contributed by atoms with Crippen molar-refractivity contribution in [2.24, 2.45) is 0 Å². The minimum atomic E-state index is 0.373. The van der Waals surface area contributed by atoms with Crippen LogP contribution < -0.4 is 4.74 Å². The zero-order valence-electron chi connectivity index (χ0n) is 11.2. The van der Waals surface area contributed by atoms with Crippen LogP contribution in [0.4, 0.5) is 0 Å². The number of benzene rings is 2. The van der Waals surface area contributed by atoms with Crippen molar-refractivity contribution in [3.63, 3.8) is 0 Å². The Morgan fingerprint density at radius 3 is 2.81 bits per heavy atom. The molecule has 4 heteroatoms. The average Bonchev–Trinajstić information content (AvgIpc) is 2.53. The van der Waals surface area contributed by atoms with Crippen LogP contribution in [-0.2, 0) is 12.5 Å². The van der Waals surface area contributed by atoms with Crippen molar-refractivity contribution in [1.29, 1.82) is 0 Å². The van der Waals surface area contributed by atoms with Crippen LogP contribution >= 0.6 is 23.2 Å². The average molecular weight is 318 g/mol. The zero-order valence-corrected chi connectivity index (χ0v) is 12.7. The van der Waals surface area contributed by atoms with Gasteiger partial charge in [-0.25, -0.2) is 0 Å². The lowest BCUT2D eigenvalue weighted by atomic mass is 10.1. The van der Waals surface area contributed by atoms with Gasteiger partial charge in [-0.2, -0.15) is 0 Å². The van der Waals surface area contributed by atoms with Crippen LogP contribution in [-0.4, -0.2) is 4.98 Å². The summed E-state index contributed by atoms with van der Waals surface area (Å²) in [6.45, 7) is 0.482. The summed E-state index contributed by atoms with van der Waals surface area (Å²) in [6.07, 6.45) is 1.79. The molecule has 2 aromatic carbocycles. The van der Waals surface area contributed by atoms with Gasteiger partial charge in [0.2, 0.25) is 0 Å². The molecule has 0 spiro atoms. The Morgan fingerprint density at radius 1 is 1.05 bits per heavy atom. The van der Waals surface area contributed by atoms with E-state index in [0.717, 1.165) is 27.8 Å². The number of ether oxygens (including phenoxy) is 1. The quantitative estimate of drug-likeness (QED) is 0.616. The topological polar surface area (TPSA) is 22.1 Å². The first-order valence-corrected chi connectivity index (χ1v) is 7.48. The molecule has 21 heavy (non-hydrogen) atoms. The van der Waals surface area contributed by atoms with Crippen LogP contribution in [0.3, 0.4) is 0 Å². The van der Waals surface area contributed by atoms with Crippen LogP contribution in [0, 0.1) is 0 Å². The van der Waals surface area contributed by atoms with Crippen molar-refractivity contribution in [1.82, 2.24) is 4.98 Å². The molecule has 0 aliphatic heterocycles. The summed E-state index contributed by atoms with van der Waals surface area (Å²) in [4.78, 5) is 4.30. The molecule has 2 nitrogen and oxygen atoms in total. The molecule has 0 aliphatic carbocycles. The van der Waals surface area contributed by atoms with Gasteiger partial charge in [-0.3, -0.25) is 4.98 Å². The number of rotatable bonds is 4. The maximum Gasteiger partial charge on any atom is 0.124 e. The van der Waals surface area contributed by atoms with Gasteiger partial charge in [-0.05, 0) is 42.0 Å². The van der Waals surface area contributed by atoms with E-state index in [2.05, 4.69) is 11.1 Å². The van der Waals surface area contributed by atoms with E-state index < -0.39 is 0 Å². The fraction of sp³-hybridized carbons (Fsp3) is 0.118. The highest BCUT2D eigenvalue weighted by Gasteiger charge is 2.05.